The first kappa shape index (κ1) is 22.4. The average molecular weight is 469 g/mol. The average Bonchev–Trinajstić information content (AvgIpc) is 3.47. The first-order chi connectivity index (χ1) is 16.1. The van der Waals surface area contributed by atoms with Crippen molar-refractivity contribution in [2.75, 3.05) is 31.8 Å². The summed E-state index contributed by atoms with van der Waals surface area (Å²) in [6.07, 6.45) is 5.89. The lowest BCUT2D eigenvalue weighted by atomic mass is 10.2. The smallest absolute Gasteiger partial charge is 0.239 e. The largest absolute Gasteiger partial charge is 0.494 e. The van der Waals surface area contributed by atoms with Crippen molar-refractivity contribution in [1.82, 2.24) is 34.5 Å². The molecule has 3 aromatic heterocycles. The van der Waals surface area contributed by atoms with Crippen LogP contribution >= 0.6 is 11.9 Å². The second kappa shape index (κ2) is 10.2. The number of benzene rings is 1. The van der Waals surface area contributed by atoms with Crippen molar-refractivity contribution in [2.24, 2.45) is 7.05 Å². The van der Waals surface area contributed by atoms with E-state index in [0.29, 0.717) is 47.0 Å². The van der Waals surface area contributed by atoms with Crippen LogP contribution in [0.4, 0.5) is 5.95 Å². The topological polar surface area (TPSA) is 114 Å². The first-order valence-electron chi connectivity index (χ1n) is 10.0. The van der Waals surface area contributed by atoms with E-state index in [1.54, 1.807) is 38.4 Å². The Morgan fingerprint density at radius 2 is 1.76 bits per heavy atom. The molecule has 0 aliphatic carbocycles. The molecule has 1 aromatic carbocycles. The Morgan fingerprint density at radius 3 is 2.36 bits per heavy atom. The maximum atomic E-state index is 5.62. The molecule has 4 rings (SSSR count). The van der Waals surface area contributed by atoms with Crippen molar-refractivity contribution in [3.8, 4) is 34.6 Å². The highest BCUT2D eigenvalue weighted by Gasteiger charge is 2.23. The van der Waals surface area contributed by atoms with Gasteiger partial charge in [0.05, 0.1) is 39.4 Å². The van der Waals surface area contributed by atoms with E-state index < -0.39 is 0 Å². The third-order valence-electron chi connectivity index (χ3n) is 4.75. The van der Waals surface area contributed by atoms with Crippen LogP contribution in [0.1, 0.15) is 5.69 Å². The van der Waals surface area contributed by atoms with Gasteiger partial charge in [-0.2, -0.15) is 5.10 Å². The summed E-state index contributed by atoms with van der Waals surface area (Å²) in [6.45, 7) is 0. The van der Waals surface area contributed by atoms with Crippen LogP contribution in [0.3, 0.4) is 0 Å². The molecule has 0 amide bonds. The van der Waals surface area contributed by atoms with Gasteiger partial charge in [-0.25, -0.2) is 4.98 Å². The minimum absolute atomic E-state index is 0.491. The van der Waals surface area contributed by atoms with E-state index in [1.165, 1.54) is 11.9 Å². The van der Waals surface area contributed by atoms with E-state index in [2.05, 4.69) is 30.0 Å². The number of nitrogens with one attached hydrogen (secondary N) is 1. The number of methoxy groups -OCH3 is 3. The molecule has 0 aliphatic rings. The monoisotopic (exact) mass is 468 g/mol. The van der Waals surface area contributed by atoms with Gasteiger partial charge in [-0.15, -0.1) is 10.2 Å². The Balaban J connectivity index is 1.61. The van der Waals surface area contributed by atoms with Crippen molar-refractivity contribution in [3.05, 3.63) is 48.5 Å². The fourth-order valence-electron chi connectivity index (χ4n) is 3.16. The number of para-hydroxylation sites is 1. The molecular formula is C21H24N8O3S. The van der Waals surface area contributed by atoms with Crippen molar-refractivity contribution in [3.63, 3.8) is 0 Å². The van der Waals surface area contributed by atoms with Gasteiger partial charge >= 0.3 is 0 Å². The number of rotatable bonds is 10. The minimum atomic E-state index is 0.491. The number of anilines is 1. The molecule has 0 saturated carbocycles. The summed E-state index contributed by atoms with van der Waals surface area (Å²) in [5, 5.41) is 13.3. The summed E-state index contributed by atoms with van der Waals surface area (Å²) >= 11 is 1.48. The second-order valence-electron chi connectivity index (χ2n) is 6.82. The van der Waals surface area contributed by atoms with Gasteiger partial charge in [-0.05, 0) is 30.1 Å². The van der Waals surface area contributed by atoms with E-state index in [-0.39, 0.29) is 0 Å². The van der Waals surface area contributed by atoms with Gasteiger partial charge in [0.1, 0.15) is 22.9 Å². The van der Waals surface area contributed by atoms with E-state index in [4.69, 9.17) is 14.2 Å². The summed E-state index contributed by atoms with van der Waals surface area (Å²) in [6, 6.07) is 7.46. The predicted molar refractivity (Wildman–Crippen MR) is 125 cm³/mol. The number of aryl methyl sites for hydroxylation is 2. The Hall–Kier alpha value is -3.80. The van der Waals surface area contributed by atoms with Crippen molar-refractivity contribution < 1.29 is 14.2 Å². The lowest BCUT2D eigenvalue weighted by Gasteiger charge is -2.17. The SMILES string of the molecule is COc1cnc(CCSNc2nnc(-c3ccn(C)n3)n2-c2c(OC)cccc2OC)cn1. The second-order valence-corrected chi connectivity index (χ2v) is 7.72. The molecule has 172 valence electrons. The Kier molecular flexibility index (Phi) is 6.93. The van der Waals surface area contributed by atoms with Crippen LogP contribution in [0.2, 0.25) is 0 Å². The van der Waals surface area contributed by atoms with Crippen molar-refractivity contribution in [2.45, 2.75) is 6.42 Å². The van der Waals surface area contributed by atoms with Gasteiger partial charge in [0.2, 0.25) is 11.8 Å². The van der Waals surface area contributed by atoms with E-state index in [0.717, 1.165) is 11.4 Å². The van der Waals surface area contributed by atoms with Gasteiger partial charge in [0, 0.05) is 25.4 Å². The molecular weight excluding hydrogens is 444 g/mol. The fourth-order valence-corrected chi connectivity index (χ4v) is 3.84. The highest BCUT2D eigenvalue weighted by molar-refractivity contribution is 8.00. The highest BCUT2D eigenvalue weighted by Crippen LogP contribution is 2.37. The highest BCUT2D eigenvalue weighted by atomic mass is 32.2. The van der Waals surface area contributed by atoms with Crippen LogP contribution < -0.4 is 18.9 Å². The summed E-state index contributed by atoms with van der Waals surface area (Å²) in [4.78, 5) is 8.53. The molecule has 11 nitrogen and oxygen atoms in total. The number of ether oxygens (including phenoxy) is 3. The van der Waals surface area contributed by atoms with Crippen molar-refractivity contribution in [1.29, 1.82) is 0 Å². The molecule has 12 heteroatoms. The summed E-state index contributed by atoms with van der Waals surface area (Å²) in [5.74, 6) is 3.54. The third kappa shape index (κ3) is 4.85. The summed E-state index contributed by atoms with van der Waals surface area (Å²) in [5.41, 5.74) is 2.22. The van der Waals surface area contributed by atoms with Gasteiger partial charge in [-0.1, -0.05) is 6.07 Å². The van der Waals surface area contributed by atoms with E-state index >= 15 is 0 Å². The van der Waals surface area contributed by atoms with Crippen LogP contribution in [-0.2, 0) is 13.5 Å². The Bertz CT molecular complexity index is 1190. The quantitative estimate of drug-likeness (QED) is 0.275. The standard InChI is InChI=1S/C21H24N8O3S/c1-28-10-8-15(26-28)20-24-25-21(27-33-11-9-14-12-23-18(32-4)13-22-14)29(20)19-16(30-2)6-5-7-17(19)31-3/h5-8,10,12-13H,9,11H2,1-4H3,(H,25,27). The zero-order chi connectivity index (χ0) is 23.2. The molecule has 0 atom stereocenters. The minimum Gasteiger partial charge on any atom is -0.494 e. The van der Waals surface area contributed by atoms with Gasteiger partial charge in [0.25, 0.3) is 0 Å². The molecule has 3 heterocycles. The Labute approximate surface area is 195 Å². The molecule has 0 saturated heterocycles. The maximum Gasteiger partial charge on any atom is 0.239 e. The molecule has 0 fully saturated rings. The van der Waals surface area contributed by atoms with Crippen molar-refractivity contribution >= 4 is 17.9 Å². The summed E-state index contributed by atoms with van der Waals surface area (Å²) < 4.78 is 23.1. The molecule has 33 heavy (non-hydrogen) atoms. The van der Waals surface area contributed by atoms with E-state index in [1.807, 2.05) is 42.1 Å². The molecule has 0 aliphatic heterocycles. The zero-order valence-corrected chi connectivity index (χ0v) is 19.5. The zero-order valence-electron chi connectivity index (χ0n) is 18.7. The number of nitrogens with zero attached hydrogens (tertiary/aromatic N) is 7. The molecule has 0 unspecified atom stereocenters. The molecule has 4 aromatic rings. The van der Waals surface area contributed by atoms with Gasteiger partial charge in [0.15, 0.2) is 5.82 Å². The fraction of sp³-hybridized carbons (Fsp3) is 0.286. The first-order valence-corrected chi connectivity index (χ1v) is 11.0. The van der Waals surface area contributed by atoms with Crippen LogP contribution in [0.15, 0.2) is 42.9 Å². The normalized spacial score (nSPS) is 10.8. The number of hydrogen-bond donors (Lipinski definition) is 1. The maximum absolute atomic E-state index is 5.62. The third-order valence-corrected chi connectivity index (χ3v) is 5.48. The predicted octanol–water partition coefficient (Wildman–Crippen LogP) is 2.79. The van der Waals surface area contributed by atoms with Crippen LogP contribution in [0.5, 0.6) is 17.4 Å². The van der Waals surface area contributed by atoms with Crippen LogP contribution in [-0.4, -0.2) is 61.6 Å². The number of aromatic nitrogens is 7. The molecule has 1 N–H and O–H groups in total. The molecule has 0 bridgehead atoms. The van der Waals surface area contributed by atoms with E-state index in [9.17, 15) is 0 Å². The van der Waals surface area contributed by atoms with Gasteiger partial charge in [-0.3, -0.25) is 19.0 Å². The van der Waals surface area contributed by atoms with Crippen LogP contribution in [0, 0.1) is 0 Å². The van der Waals surface area contributed by atoms with Crippen LogP contribution in [0.25, 0.3) is 17.2 Å². The molecule has 0 radical (unpaired) electrons. The van der Waals surface area contributed by atoms with Gasteiger partial charge < -0.3 is 14.2 Å². The lowest BCUT2D eigenvalue weighted by Crippen LogP contribution is -2.07. The summed E-state index contributed by atoms with van der Waals surface area (Å²) in [7, 11) is 6.64. The number of hydrogen-bond acceptors (Lipinski definition) is 10. The lowest BCUT2D eigenvalue weighted by molar-refractivity contribution is 0.391. The Morgan fingerprint density at radius 1 is 0.970 bits per heavy atom. The molecule has 0 spiro atoms.